The second-order valence-electron chi connectivity index (χ2n) is 10.8. The van der Waals surface area contributed by atoms with E-state index >= 15 is 0 Å². The molecule has 36 heavy (non-hydrogen) atoms. The fourth-order valence-corrected chi connectivity index (χ4v) is 7.78. The van der Waals surface area contributed by atoms with Gasteiger partial charge in [-0.05, 0) is 85.0 Å². The van der Waals surface area contributed by atoms with E-state index in [0.29, 0.717) is 18.1 Å². The van der Waals surface area contributed by atoms with Crippen LogP contribution in [0, 0.1) is 17.3 Å². The summed E-state index contributed by atoms with van der Waals surface area (Å²) < 4.78 is 48.0. The zero-order valence-electron chi connectivity index (χ0n) is 19.8. The molecule has 0 radical (unpaired) electrons. The lowest BCUT2D eigenvalue weighted by Crippen LogP contribution is -2.61. The molecule has 1 aliphatic heterocycles. The first kappa shape index (κ1) is 25.8. The lowest BCUT2D eigenvalue weighted by atomic mass is 9.55. The number of hydrogen-bond acceptors (Lipinski definition) is 9. The number of aliphatic carboxylic acids is 1. The Morgan fingerprint density at radius 1 is 1.08 bits per heavy atom. The van der Waals surface area contributed by atoms with Gasteiger partial charge < -0.3 is 29.9 Å². The minimum Gasteiger partial charge on any atom is -0.479 e. The van der Waals surface area contributed by atoms with E-state index in [2.05, 4.69) is 6.92 Å². The minimum absolute atomic E-state index is 0.277. The van der Waals surface area contributed by atoms with Gasteiger partial charge in [-0.1, -0.05) is 13.0 Å². The number of carboxylic acid groups (broad SMARTS) is 1. The molecule has 12 heteroatoms. The van der Waals surface area contributed by atoms with E-state index in [1.54, 1.807) is 6.07 Å². The van der Waals surface area contributed by atoms with Crippen molar-refractivity contribution in [2.75, 3.05) is 0 Å². The Kier molecular flexibility index (Phi) is 6.60. The highest BCUT2D eigenvalue weighted by atomic mass is 32.3. The summed E-state index contributed by atoms with van der Waals surface area (Å²) in [4.78, 5) is 11.3. The summed E-state index contributed by atoms with van der Waals surface area (Å²) in [5.74, 6) is -0.200. The second-order valence-corrected chi connectivity index (χ2v) is 11.8. The zero-order valence-corrected chi connectivity index (χ0v) is 20.6. The summed E-state index contributed by atoms with van der Waals surface area (Å²) in [5.41, 5.74) is 1.93. The molecule has 1 saturated heterocycles. The normalized spacial score (nSPS) is 42.2. The van der Waals surface area contributed by atoms with Gasteiger partial charge in [-0.15, -0.1) is 0 Å². The summed E-state index contributed by atoms with van der Waals surface area (Å²) in [5, 5.41) is 39.4. The van der Waals surface area contributed by atoms with Crippen molar-refractivity contribution in [2.45, 2.75) is 88.2 Å². The van der Waals surface area contributed by atoms with Crippen molar-refractivity contribution in [2.24, 2.45) is 17.3 Å². The molecule has 0 bridgehead atoms. The highest BCUT2D eigenvalue weighted by Gasteiger charge is 2.56. The number of rotatable bonds is 5. The van der Waals surface area contributed by atoms with Crippen LogP contribution in [0.5, 0.6) is 5.75 Å². The summed E-state index contributed by atoms with van der Waals surface area (Å²) in [7, 11) is -4.51. The summed E-state index contributed by atoms with van der Waals surface area (Å²) in [6.45, 7) is 2.06. The average Bonchev–Trinajstić information content (AvgIpc) is 3.13. The number of aliphatic hydroxyl groups excluding tert-OH is 3. The topological polar surface area (TPSA) is 180 Å². The maximum absolute atomic E-state index is 11.4. The third-order valence-corrected chi connectivity index (χ3v) is 9.39. The van der Waals surface area contributed by atoms with E-state index < -0.39 is 53.2 Å². The average molecular weight is 529 g/mol. The van der Waals surface area contributed by atoms with Crippen molar-refractivity contribution in [3.05, 3.63) is 29.3 Å². The van der Waals surface area contributed by atoms with Gasteiger partial charge in [-0.3, -0.25) is 4.55 Å². The number of benzene rings is 1. The number of aryl methyl sites for hydroxylation is 1. The molecule has 3 fully saturated rings. The van der Waals surface area contributed by atoms with Crippen LogP contribution in [-0.4, -0.2) is 76.2 Å². The van der Waals surface area contributed by atoms with Gasteiger partial charge in [-0.2, -0.15) is 8.42 Å². The Balaban J connectivity index is 1.32. The van der Waals surface area contributed by atoms with Crippen LogP contribution in [0.15, 0.2) is 18.2 Å². The third-order valence-electron chi connectivity index (χ3n) is 8.91. The fraction of sp³-hybridized carbons (Fsp3) is 0.708. The molecule has 1 aromatic carbocycles. The van der Waals surface area contributed by atoms with Crippen molar-refractivity contribution >= 4 is 16.4 Å². The van der Waals surface area contributed by atoms with Crippen LogP contribution >= 0.6 is 0 Å². The Hall–Kier alpha value is -1.80. The Morgan fingerprint density at radius 2 is 1.83 bits per heavy atom. The van der Waals surface area contributed by atoms with E-state index in [4.69, 9.17) is 13.7 Å². The summed E-state index contributed by atoms with van der Waals surface area (Å²) >= 11 is 0. The number of aliphatic hydroxyl groups is 3. The molecular formula is C24H32O11S. The van der Waals surface area contributed by atoms with Gasteiger partial charge in [0, 0.05) is 0 Å². The van der Waals surface area contributed by atoms with E-state index in [-0.39, 0.29) is 17.3 Å². The standard InChI is InChI=1S/C24H32O11S/c1-24-9-8-14-13-5-3-12(33-23-20(27)18(25)19(26)21(34-23)22(28)29)10-11(13)2-4-15(14)16(24)6-7-17(24)35-36(30,31)32/h3,5,10,14-21,23,25-27H,2,4,6-9H2,1H3,(H,28,29)(H,30,31,32)/t14-,15-,16-,17+,18+,19+,20-,21+,23-,24+/m0/s1. The molecule has 1 aromatic rings. The predicted molar refractivity (Wildman–Crippen MR) is 122 cm³/mol. The maximum Gasteiger partial charge on any atom is 0.397 e. The molecule has 11 nitrogen and oxygen atoms in total. The van der Waals surface area contributed by atoms with Crippen LogP contribution in [0.25, 0.3) is 0 Å². The molecule has 2 saturated carbocycles. The highest BCUT2D eigenvalue weighted by molar-refractivity contribution is 7.80. The molecule has 0 unspecified atom stereocenters. The first-order valence-electron chi connectivity index (χ1n) is 12.3. The van der Waals surface area contributed by atoms with Crippen LogP contribution < -0.4 is 4.74 Å². The molecule has 0 aromatic heterocycles. The lowest BCUT2D eigenvalue weighted by molar-refractivity contribution is -0.271. The largest absolute Gasteiger partial charge is 0.479 e. The minimum atomic E-state index is -4.51. The Labute approximate surface area is 208 Å². The molecule has 0 spiro atoms. The smallest absolute Gasteiger partial charge is 0.397 e. The van der Waals surface area contributed by atoms with Crippen LogP contribution in [-0.2, 0) is 30.5 Å². The predicted octanol–water partition coefficient (Wildman–Crippen LogP) is 1.00. The molecule has 5 N–H and O–H groups in total. The van der Waals surface area contributed by atoms with E-state index in [9.17, 15) is 38.2 Å². The number of hydrogen-bond donors (Lipinski definition) is 5. The van der Waals surface area contributed by atoms with Crippen molar-refractivity contribution in [1.82, 2.24) is 0 Å². The third kappa shape index (κ3) is 4.42. The van der Waals surface area contributed by atoms with Crippen LogP contribution in [0.3, 0.4) is 0 Å². The van der Waals surface area contributed by atoms with Gasteiger partial charge in [0.05, 0.1) is 6.10 Å². The van der Waals surface area contributed by atoms with Gasteiger partial charge in [-0.25, -0.2) is 8.98 Å². The fourth-order valence-electron chi connectivity index (χ4n) is 7.17. The molecule has 0 amide bonds. The zero-order chi connectivity index (χ0) is 26.0. The van der Waals surface area contributed by atoms with Crippen molar-refractivity contribution < 1.29 is 51.8 Å². The number of fused-ring (bicyclic) bond motifs is 5. The van der Waals surface area contributed by atoms with E-state index in [1.807, 2.05) is 12.1 Å². The molecule has 3 aliphatic carbocycles. The van der Waals surface area contributed by atoms with Crippen molar-refractivity contribution in [1.29, 1.82) is 0 Å². The van der Waals surface area contributed by atoms with Crippen molar-refractivity contribution in [3.8, 4) is 5.75 Å². The first-order chi connectivity index (χ1) is 16.9. The SMILES string of the molecule is C[C@@]12CC[C@H]3c4ccc(O[C@H]5O[C@@H](C(=O)O)[C@H](O)[C@@H](O)[C@@H]5O)cc4CC[C@@H]3[C@@H]1CC[C@H]2OS(=O)(=O)O. The monoisotopic (exact) mass is 528 g/mol. The van der Waals surface area contributed by atoms with Gasteiger partial charge in [0.15, 0.2) is 6.10 Å². The van der Waals surface area contributed by atoms with E-state index in [1.165, 1.54) is 5.56 Å². The molecule has 4 aliphatic rings. The first-order valence-corrected chi connectivity index (χ1v) is 13.6. The number of carbonyl (C=O) groups is 1. The number of ether oxygens (including phenoxy) is 2. The van der Waals surface area contributed by atoms with Crippen molar-refractivity contribution in [3.63, 3.8) is 0 Å². The highest BCUT2D eigenvalue weighted by Crippen LogP contribution is 2.61. The summed E-state index contributed by atoms with van der Waals surface area (Å²) in [6, 6.07) is 5.51. The van der Waals surface area contributed by atoms with Crippen LogP contribution in [0.2, 0.25) is 0 Å². The number of carboxylic acids is 1. The second kappa shape index (κ2) is 9.19. The van der Waals surface area contributed by atoms with E-state index in [0.717, 1.165) is 37.7 Å². The van der Waals surface area contributed by atoms with Crippen LogP contribution in [0.4, 0.5) is 0 Å². The quantitative estimate of drug-likeness (QED) is 0.344. The molecule has 200 valence electrons. The summed E-state index contributed by atoms with van der Waals surface area (Å²) in [6.07, 6.45) is -4.17. The Morgan fingerprint density at radius 3 is 2.53 bits per heavy atom. The molecule has 10 atom stereocenters. The molecular weight excluding hydrogens is 496 g/mol. The Bertz CT molecular complexity index is 1120. The van der Waals surface area contributed by atoms with Gasteiger partial charge in [0.2, 0.25) is 6.29 Å². The molecule has 5 rings (SSSR count). The maximum atomic E-state index is 11.4. The van der Waals surface area contributed by atoms with Gasteiger partial charge >= 0.3 is 16.4 Å². The van der Waals surface area contributed by atoms with Crippen LogP contribution in [0.1, 0.15) is 56.1 Å². The lowest BCUT2D eigenvalue weighted by Gasteiger charge is -2.50. The van der Waals surface area contributed by atoms with Gasteiger partial charge in [0.1, 0.15) is 24.1 Å². The molecule has 1 heterocycles. The van der Waals surface area contributed by atoms with Gasteiger partial charge in [0.25, 0.3) is 0 Å².